The third-order valence-corrected chi connectivity index (χ3v) is 13.8. The molecule has 2 radical (unpaired) electrons. The molecule has 1 aliphatic rings. The van der Waals surface area contributed by atoms with Crippen LogP contribution in [0.4, 0.5) is 43.9 Å². The monoisotopic (exact) mass is 1060 g/mol. The van der Waals surface area contributed by atoms with E-state index in [4.69, 9.17) is 0 Å². The van der Waals surface area contributed by atoms with E-state index in [1.54, 1.807) is 24.7 Å². The van der Waals surface area contributed by atoms with Crippen LogP contribution < -0.4 is 5.19 Å². The fraction of sp³-hybridized carbons (Fsp3) is 0.0508. The van der Waals surface area contributed by atoms with Crippen LogP contribution in [0.5, 0.6) is 0 Å². The smallest absolute Gasteiger partial charge is 0.184 e. The molecule has 0 heterocycles. The molecule has 1 aliphatic carbocycles. The van der Waals surface area contributed by atoms with Crippen LogP contribution in [-0.4, -0.2) is 20.6 Å². The van der Waals surface area contributed by atoms with Crippen molar-refractivity contribution in [3.8, 4) is 11.1 Å². The summed E-state index contributed by atoms with van der Waals surface area (Å²) in [4.78, 5) is 0. The van der Waals surface area contributed by atoms with Crippen molar-refractivity contribution in [2.45, 2.75) is 20.4 Å². The average molecular weight is 1070 g/mol. The van der Waals surface area contributed by atoms with Gasteiger partial charge in [-0.25, -0.2) is 0 Å². The van der Waals surface area contributed by atoms with Crippen molar-refractivity contribution in [2.75, 3.05) is 0 Å². The van der Waals surface area contributed by atoms with Crippen LogP contribution in [0.1, 0.15) is 29.2 Å². The third-order valence-electron chi connectivity index (χ3n) is 11.9. The van der Waals surface area contributed by atoms with Gasteiger partial charge in [-0.15, -0.1) is 28.5 Å². The summed E-state index contributed by atoms with van der Waals surface area (Å²) in [5.41, 5.74) is -1.59. The molecular formula is C59H37BF10SiZr. The van der Waals surface area contributed by atoms with Gasteiger partial charge < -0.3 is 0 Å². The number of benzene rings is 9. The van der Waals surface area contributed by atoms with Gasteiger partial charge in [0.2, 0.25) is 0 Å². The Morgan fingerprint density at radius 2 is 0.889 bits per heavy atom. The van der Waals surface area contributed by atoms with Gasteiger partial charge in [0.05, 0.1) is 0 Å². The summed E-state index contributed by atoms with van der Waals surface area (Å²) in [5, 5.41) is 6.19. The van der Waals surface area contributed by atoms with Gasteiger partial charge in [-0.05, 0) is 5.39 Å². The van der Waals surface area contributed by atoms with Crippen LogP contribution in [0.2, 0.25) is 6.55 Å². The summed E-state index contributed by atoms with van der Waals surface area (Å²) in [6, 6.07) is 58.0. The van der Waals surface area contributed by atoms with Crippen molar-refractivity contribution in [1.82, 2.24) is 0 Å². The van der Waals surface area contributed by atoms with E-state index < -0.39 is 83.5 Å². The summed E-state index contributed by atoms with van der Waals surface area (Å²) < 4.78 is 147. The maximum atomic E-state index is 15.4. The molecule has 0 amide bonds. The molecule has 0 saturated carbocycles. The van der Waals surface area contributed by atoms with Crippen LogP contribution in [0, 0.1) is 77.2 Å². The predicted octanol–water partition coefficient (Wildman–Crippen LogP) is 15.5. The van der Waals surface area contributed by atoms with Crippen molar-refractivity contribution < 1.29 is 70.1 Å². The van der Waals surface area contributed by atoms with Crippen molar-refractivity contribution in [3.05, 3.63) is 268 Å². The quantitative estimate of drug-likeness (QED) is 0.0542. The molecule has 0 N–H and O–H groups in total. The summed E-state index contributed by atoms with van der Waals surface area (Å²) >= 11 is 0. The Hall–Kier alpha value is -6.82. The van der Waals surface area contributed by atoms with Gasteiger partial charge in [0.25, 0.3) is 0 Å². The van der Waals surface area contributed by atoms with E-state index in [2.05, 4.69) is 67.6 Å². The van der Waals surface area contributed by atoms with E-state index in [-0.39, 0.29) is 64.7 Å². The third kappa shape index (κ3) is 10.5. The maximum Gasteiger partial charge on any atom is 3.00 e. The minimum absolute atomic E-state index is 0. The van der Waals surface area contributed by atoms with Gasteiger partial charge in [0.1, 0.15) is 0 Å². The van der Waals surface area contributed by atoms with E-state index >= 15 is 17.6 Å². The minimum atomic E-state index is -2.35. The number of aryl methyl sites for hydroxylation is 1. The summed E-state index contributed by atoms with van der Waals surface area (Å²) in [6.45, 7) is 7.13. The first kappa shape index (κ1) is 53.0. The largest absolute Gasteiger partial charge is 3.00 e. The van der Waals surface area contributed by atoms with Crippen LogP contribution in [-0.2, 0) is 26.2 Å². The molecule has 0 bridgehead atoms. The molecule has 0 unspecified atom stereocenters. The Kier molecular flexibility index (Phi) is 17.0. The molecule has 354 valence electrons. The number of hydrogen-bond acceptors (Lipinski definition) is 0. The van der Waals surface area contributed by atoms with Gasteiger partial charge in [0, 0.05) is 0 Å². The number of halogens is 10. The first-order chi connectivity index (χ1) is 34.2. The Morgan fingerprint density at radius 1 is 0.431 bits per heavy atom. The van der Waals surface area contributed by atoms with Gasteiger partial charge >= 0.3 is 278 Å². The van der Waals surface area contributed by atoms with Crippen LogP contribution in [0.15, 0.2) is 175 Å². The summed E-state index contributed by atoms with van der Waals surface area (Å²) in [6.07, 6.45) is 0. The molecule has 0 spiro atoms. The molecule has 72 heavy (non-hydrogen) atoms. The fourth-order valence-corrected chi connectivity index (χ4v) is 10.2. The maximum absolute atomic E-state index is 15.4. The van der Waals surface area contributed by atoms with Crippen LogP contribution >= 0.6 is 0 Å². The second-order valence-corrected chi connectivity index (χ2v) is 18.6. The normalized spacial score (nSPS) is 12.1. The molecule has 0 atom stereocenters. The molecule has 10 aromatic carbocycles. The zero-order chi connectivity index (χ0) is 50.5. The zero-order valence-electron chi connectivity index (χ0n) is 38.5. The number of rotatable bonds is 4. The second-order valence-electron chi connectivity index (χ2n) is 16.4. The average Bonchev–Trinajstić information content (AvgIpc) is 3.93. The molecule has 0 aromatic heterocycles. The summed E-state index contributed by atoms with van der Waals surface area (Å²) in [7, 11) is -1.65. The van der Waals surface area contributed by atoms with E-state index in [1.165, 1.54) is 58.3 Å². The van der Waals surface area contributed by atoms with E-state index in [0.717, 1.165) is 11.3 Å². The summed E-state index contributed by atoms with van der Waals surface area (Å²) in [5.74, 6) is -21.8. The fourth-order valence-electron chi connectivity index (χ4n) is 8.55. The van der Waals surface area contributed by atoms with Gasteiger partial charge in [-0.3, -0.25) is 0 Å². The molecule has 11 rings (SSSR count). The topological polar surface area (TPSA) is 0 Å². The Labute approximate surface area is 430 Å². The number of allylic oxidation sites excluding steroid dienone is 1. The van der Waals surface area contributed by atoms with Crippen LogP contribution in [0.3, 0.4) is 0 Å². The Bertz CT molecular complexity index is 3490. The standard InChI is InChI=1S/C33H16BF10Si.C14H11.2C6H5.Zr/c1-13-19(22-26(37)30(41)33(44)31(42)27(22)38)20-16-11-7-6-10-15(16)17(21-24(35)28(39)32(43)29(40)25(21)36)12-18(20)23(13)34-45(2)14-8-4-3-5-9-14;1-10-8-12-7-6-11-4-2-3-5-13(11)14(12)9-10;2*1-2-4-6-5-3-1;/h3-12H,1-2H3;2-9H,1H3;2*1-5H;/q;3*-1;+3. The molecule has 10 aromatic rings. The van der Waals surface area contributed by atoms with Crippen LogP contribution in [0.25, 0.3) is 49.0 Å². The Morgan fingerprint density at radius 3 is 1.40 bits per heavy atom. The van der Waals surface area contributed by atoms with Gasteiger partial charge in [-0.2, -0.15) is 78.9 Å². The van der Waals surface area contributed by atoms with E-state index in [1.807, 2.05) is 79.3 Å². The Balaban J connectivity index is 0.000000225. The minimum Gasteiger partial charge on any atom is -0.184 e. The van der Waals surface area contributed by atoms with Crippen molar-refractivity contribution in [2.24, 2.45) is 0 Å². The van der Waals surface area contributed by atoms with Gasteiger partial charge in [0.15, 0.2) is 0 Å². The second kappa shape index (κ2) is 23.2. The van der Waals surface area contributed by atoms with Crippen molar-refractivity contribution in [3.63, 3.8) is 0 Å². The predicted molar refractivity (Wildman–Crippen MR) is 267 cm³/mol. The number of fused-ring (bicyclic) bond motifs is 6. The van der Waals surface area contributed by atoms with Crippen molar-refractivity contribution in [1.29, 1.82) is 0 Å². The van der Waals surface area contributed by atoms with E-state index in [0.29, 0.717) is 0 Å². The molecule has 13 heteroatoms. The zero-order valence-corrected chi connectivity index (χ0v) is 42.0. The molecule has 0 fully saturated rings. The molecule has 0 saturated heterocycles. The van der Waals surface area contributed by atoms with E-state index in [9.17, 15) is 26.3 Å². The molecular weight excluding hydrogens is 1030 g/mol. The SMILES string of the molecule is CC1=C(c2c(F)c(F)c(F)c(F)c2F)c2c(cc(-c3c(F)c(F)c(F)c(F)c3F)c3ccccc23)C1=B[Si](C)c1ccccc1.Cc1cc2c(ccc3ccccc32)[cH-]1.[Zr+3].[c-]1ccccc1.[c-]1ccccc1. The first-order valence-corrected chi connectivity index (χ1v) is 24.1. The van der Waals surface area contributed by atoms with Crippen molar-refractivity contribution >= 4 is 63.7 Å². The molecule has 0 nitrogen and oxygen atoms in total. The van der Waals surface area contributed by atoms with Gasteiger partial charge in [-0.1, -0.05) is 42.6 Å². The molecule has 0 aliphatic heterocycles. The first-order valence-electron chi connectivity index (χ1n) is 22.0. The number of hydrogen-bond donors (Lipinski definition) is 0.